The molecule has 25 heavy (non-hydrogen) atoms. The average Bonchev–Trinajstić information content (AvgIpc) is 3.07. The Balaban J connectivity index is 1.61. The number of thiophene rings is 1. The maximum absolute atomic E-state index is 12.9. The van der Waals surface area contributed by atoms with Crippen LogP contribution in [0, 0.1) is 5.92 Å². The molecular formula is C20H31NO3S. The summed E-state index contributed by atoms with van der Waals surface area (Å²) in [6.07, 6.45) is 10.2. The molecule has 2 aliphatic rings. The third-order valence-corrected chi connectivity index (χ3v) is 6.49. The van der Waals surface area contributed by atoms with Crippen molar-refractivity contribution in [2.24, 2.45) is 5.92 Å². The number of carbonyl (C=O) groups excluding carboxylic acids is 1. The number of ether oxygens (including phenoxy) is 1. The first-order valence-corrected chi connectivity index (χ1v) is 10.8. The lowest BCUT2D eigenvalue weighted by Crippen LogP contribution is -2.45. The molecule has 1 atom stereocenters. The number of aliphatic hydroxyl groups is 1. The van der Waals surface area contributed by atoms with Gasteiger partial charge >= 0.3 is 5.97 Å². The number of carbonyl (C=O) groups is 1. The number of nitrogens with zero attached hydrogens (tertiary/aromatic N) is 1. The van der Waals surface area contributed by atoms with Crippen molar-refractivity contribution in [2.75, 3.05) is 26.2 Å². The average molecular weight is 366 g/mol. The van der Waals surface area contributed by atoms with E-state index in [4.69, 9.17) is 4.74 Å². The summed E-state index contributed by atoms with van der Waals surface area (Å²) in [4.78, 5) is 15.3. The van der Waals surface area contributed by atoms with Crippen molar-refractivity contribution in [2.45, 2.75) is 63.4 Å². The Morgan fingerprint density at radius 3 is 2.48 bits per heavy atom. The molecule has 0 spiro atoms. The van der Waals surface area contributed by atoms with Crippen molar-refractivity contribution >= 4 is 17.3 Å². The van der Waals surface area contributed by atoms with Crippen LogP contribution in [-0.4, -0.2) is 42.2 Å². The van der Waals surface area contributed by atoms with E-state index in [9.17, 15) is 9.90 Å². The van der Waals surface area contributed by atoms with E-state index >= 15 is 0 Å². The van der Waals surface area contributed by atoms with E-state index in [0.29, 0.717) is 12.2 Å². The predicted octanol–water partition coefficient (Wildman–Crippen LogP) is 3.94. The first kappa shape index (κ1) is 18.9. The SMILES string of the molecule is O=C(OCCN1CCCCCC1)[C@](O)(c1ccsc1)C1CCCCC1. The van der Waals surface area contributed by atoms with Crippen molar-refractivity contribution in [3.63, 3.8) is 0 Å². The zero-order chi connectivity index (χ0) is 17.5. The highest BCUT2D eigenvalue weighted by molar-refractivity contribution is 7.08. The van der Waals surface area contributed by atoms with Gasteiger partial charge in [-0.1, -0.05) is 32.1 Å². The molecule has 0 aromatic carbocycles. The molecule has 5 heteroatoms. The number of esters is 1. The van der Waals surface area contributed by atoms with E-state index in [-0.39, 0.29) is 5.92 Å². The van der Waals surface area contributed by atoms with Gasteiger partial charge in [0.15, 0.2) is 5.60 Å². The van der Waals surface area contributed by atoms with Gasteiger partial charge in [0.05, 0.1) is 0 Å². The standard InChI is InChI=1S/C20H31NO3S/c22-19(24-14-13-21-11-6-1-2-7-12-21)20(23,18-10-15-25-16-18)17-8-4-3-5-9-17/h10,15-17,23H,1-9,11-14H2/t20-/m1/s1. The van der Waals surface area contributed by atoms with E-state index < -0.39 is 11.6 Å². The molecule has 1 saturated heterocycles. The van der Waals surface area contributed by atoms with Gasteiger partial charge in [-0.05, 0) is 55.6 Å². The summed E-state index contributed by atoms with van der Waals surface area (Å²) in [5.74, 6) is -0.478. The van der Waals surface area contributed by atoms with Crippen LogP contribution < -0.4 is 0 Å². The molecular weight excluding hydrogens is 334 g/mol. The molecule has 1 aromatic heterocycles. The van der Waals surface area contributed by atoms with Crippen LogP contribution in [-0.2, 0) is 15.1 Å². The molecule has 0 bridgehead atoms. The maximum Gasteiger partial charge on any atom is 0.343 e. The molecule has 2 fully saturated rings. The van der Waals surface area contributed by atoms with Crippen LogP contribution >= 0.6 is 11.3 Å². The van der Waals surface area contributed by atoms with Gasteiger partial charge < -0.3 is 9.84 Å². The fourth-order valence-electron chi connectivity index (χ4n) is 4.26. The first-order valence-electron chi connectivity index (χ1n) is 9.86. The monoisotopic (exact) mass is 365 g/mol. The Morgan fingerprint density at radius 1 is 1.16 bits per heavy atom. The van der Waals surface area contributed by atoms with Crippen molar-refractivity contribution in [3.8, 4) is 0 Å². The molecule has 1 aromatic rings. The largest absolute Gasteiger partial charge is 0.462 e. The molecule has 1 saturated carbocycles. The van der Waals surface area contributed by atoms with Gasteiger partial charge in [-0.3, -0.25) is 4.90 Å². The maximum atomic E-state index is 12.9. The minimum absolute atomic E-state index is 0.0264. The highest BCUT2D eigenvalue weighted by Gasteiger charge is 2.47. The minimum atomic E-state index is -1.47. The molecule has 1 aliphatic heterocycles. The molecule has 0 amide bonds. The van der Waals surface area contributed by atoms with Crippen LogP contribution in [0.15, 0.2) is 16.8 Å². The third-order valence-electron chi connectivity index (χ3n) is 5.81. The van der Waals surface area contributed by atoms with E-state index in [2.05, 4.69) is 4.90 Å². The third kappa shape index (κ3) is 4.63. The van der Waals surface area contributed by atoms with Gasteiger partial charge in [0.2, 0.25) is 0 Å². The second-order valence-corrected chi connectivity index (χ2v) is 8.29. The zero-order valence-electron chi connectivity index (χ0n) is 15.1. The summed E-state index contributed by atoms with van der Waals surface area (Å²) in [5.41, 5.74) is -0.761. The molecule has 3 rings (SSSR count). The van der Waals surface area contributed by atoms with E-state index in [1.54, 1.807) is 0 Å². The lowest BCUT2D eigenvalue weighted by Gasteiger charge is -2.36. The quantitative estimate of drug-likeness (QED) is 0.776. The van der Waals surface area contributed by atoms with Crippen LogP contribution in [0.1, 0.15) is 63.4 Å². The highest BCUT2D eigenvalue weighted by Crippen LogP contribution is 2.41. The Kier molecular flexibility index (Phi) is 6.91. The van der Waals surface area contributed by atoms with Gasteiger partial charge in [0, 0.05) is 18.0 Å². The van der Waals surface area contributed by atoms with Gasteiger partial charge in [0.1, 0.15) is 6.61 Å². The van der Waals surface area contributed by atoms with Crippen molar-refractivity contribution in [1.82, 2.24) is 4.90 Å². The van der Waals surface area contributed by atoms with Crippen LogP contribution in [0.3, 0.4) is 0 Å². The van der Waals surface area contributed by atoms with Gasteiger partial charge in [-0.15, -0.1) is 0 Å². The number of hydrogen-bond acceptors (Lipinski definition) is 5. The van der Waals surface area contributed by atoms with E-state index in [0.717, 1.165) is 45.3 Å². The fourth-order valence-corrected chi connectivity index (χ4v) is 4.97. The summed E-state index contributed by atoms with van der Waals surface area (Å²) in [5, 5.41) is 15.2. The molecule has 1 N–H and O–H groups in total. The molecule has 0 unspecified atom stereocenters. The van der Waals surface area contributed by atoms with Crippen LogP contribution in [0.4, 0.5) is 0 Å². The van der Waals surface area contributed by atoms with Crippen molar-refractivity contribution in [3.05, 3.63) is 22.4 Å². The lowest BCUT2D eigenvalue weighted by molar-refractivity contribution is -0.176. The highest BCUT2D eigenvalue weighted by atomic mass is 32.1. The smallest absolute Gasteiger partial charge is 0.343 e. The van der Waals surface area contributed by atoms with Crippen molar-refractivity contribution in [1.29, 1.82) is 0 Å². The van der Waals surface area contributed by atoms with Crippen LogP contribution in [0.25, 0.3) is 0 Å². The molecule has 2 heterocycles. The summed E-state index contributed by atoms with van der Waals surface area (Å²) in [6, 6.07) is 1.87. The van der Waals surface area contributed by atoms with Crippen molar-refractivity contribution < 1.29 is 14.6 Å². The Hall–Kier alpha value is -0.910. The topological polar surface area (TPSA) is 49.8 Å². The minimum Gasteiger partial charge on any atom is -0.462 e. The lowest BCUT2D eigenvalue weighted by atomic mass is 9.74. The fraction of sp³-hybridized carbons (Fsp3) is 0.750. The van der Waals surface area contributed by atoms with E-state index in [1.807, 2.05) is 16.8 Å². The summed E-state index contributed by atoms with van der Waals surface area (Å²) in [7, 11) is 0. The molecule has 4 nitrogen and oxygen atoms in total. The molecule has 0 radical (unpaired) electrons. The Labute approximate surface area is 155 Å². The first-order chi connectivity index (χ1) is 12.2. The van der Waals surface area contributed by atoms with Gasteiger partial charge in [-0.2, -0.15) is 11.3 Å². The number of likely N-dealkylation sites (tertiary alicyclic amines) is 1. The second kappa shape index (κ2) is 9.15. The Bertz CT molecular complexity index is 519. The summed E-state index contributed by atoms with van der Waals surface area (Å²) < 4.78 is 5.60. The summed E-state index contributed by atoms with van der Waals surface area (Å²) in [6.45, 7) is 3.33. The molecule has 1 aliphatic carbocycles. The van der Waals surface area contributed by atoms with Gasteiger partial charge in [-0.25, -0.2) is 4.79 Å². The van der Waals surface area contributed by atoms with Gasteiger partial charge in [0.25, 0.3) is 0 Å². The second-order valence-electron chi connectivity index (χ2n) is 7.51. The number of rotatable bonds is 6. The summed E-state index contributed by atoms with van der Waals surface area (Å²) >= 11 is 1.52. The number of hydrogen-bond donors (Lipinski definition) is 1. The Morgan fingerprint density at radius 2 is 1.84 bits per heavy atom. The van der Waals surface area contributed by atoms with Crippen LogP contribution in [0.5, 0.6) is 0 Å². The molecule has 140 valence electrons. The normalized spacial score (nSPS) is 22.9. The zero-order valence-corrected chi connectivity index (χ0v) is 15.9. The predicted molar refractivity (Wildman–Crippen MR) is 101 cm³/mol. The van der Waals surface area contributed by atoms with E-state index in [1.165, 1.54) is 43.4 Å². The van der Waals surface area contributed by atoms with Crippen LogP contribution in [0.2, 0.25) is 0 Å².